The third-order valence-electron chi connectivity index (χ3n) is 4.93. The summed E-state index contributed by atoms with van der Waals surface area (Å²) < 4.78 is 26.7. The van der Waals surface area contributed by atoms with Gasteiger partial charge >= 0.3 is 0 Å². The van der Waals surface area contributed by atoms with E-state index in [-0.39, 0.29) is 17.6 Å². The van der Waals surface area contributed by atoms with Crippen LogP contribution in [0.25, 0.3) is 0 Å². The highest BCUT2D eigenvalue weighted by atomic mass is 32.2. The van der Waals surface area contributed by atoms with Crippen molar-refractivity contribution in [1.29, 1.82) is 0 Å². The van der Waals surface area contributed by atoms with Crippen LogP contribution in [0.1, 0.15) is 24.0 Å². The number of rotatable bonds is 7. The zero-order valence-electron chi connectivity index (χ0n) is 15.3. The Balaban J connectivity index is 1.45. The highest BCUT2D eigenvalue weighted by molar-refractivity contribution is 7.89. The van der Waals surface area contributed by atoms with Crippen LogP contribution in [0.5, 0.6) is 0 Å². The van der Waals surface area contributed by atoms with Gasteiger partial charge in [-0.3, -0.25) is 9.78 Å². The molecule has 1 saturated heterocycles. The summed E-state index contributed by atoms with van der Waals surface area (Å²) in [6, 6.07) is 13.4. The van der Waals surface area contributed by atoms with Crippen molar-refractivity contribution in [2.75, 3.05) is 18.8 Å². The summed E-state index contributed by atoms with van der Waals surface area (Å²) in [7, 11) is -3.29. The molecule has 0 radical (unpaired) electrons. The lowest BCUT2D eigenvalue weighted by atomic mass is 9.97. The van der Waals surface area contributed by atoms with E-state index >= 15 is 0 Å². The van der Waals surface area contributed by atoms with Crippen LogP contribution in [0.15, 0.2) is 54.9 Å². The minimum absolute atomic E-state index is 0.00635. The van der Waals surface area contributed by atoms with Gasteiger partial charge in [0, 0.05) is 37.9 Å². The number of hydrogen-bond donors (Lipinski definition) is 1. The van der Waals surface area contributed by atoms with Gasteiger partial charge in [0.1, 0.15) is 0 Å². The molecule has 0 atom stereocenters. The van der Waals surface area contributed by atoms with Gasteiger partial charge in [-0.2, -0.15) is 0 Å². The summed E-state index contributed by atoms with van der Waals surface area (Å²) in [5, 5.41) is 2.93. The molecule has 7 heteroatoms. The molecule has 0 unspecified atom stereocenters. The molecule has 1 amide bonds. The minimum Gasteiger partial charge on any atom is -0.352 e. The first-order chi connectivity index (χ1) is 13.0. The van der Waals surface area contributed by atoms with Gasteiger partial charge in [-0.15, -0.1) is 0 Å². The van der Waals surface area contributed by atoms with Crippen molar-refractivity contribution in [3.8, 4) is 0 Å². The fraction of sp³-hybridized carbons (Fsp3) is 0.400. The molecular formula is C20H25N3O3S. The molecular weight excluding hydrogens is 362 g/mol. The van der Waals surface area contributed by atoms with E-state index in [0.717, 1.165) is 11.1 Å². The zero-order chi connectivity index (χ0) is 19.1. The molecule has 2 aromatic rings. The molecule has 6 nitrogen and oxygen atoms in total. The third-order valence-corrected chi connectivity index (χ3v) is 6.80. The average Bonchev–Trinajstić information content (AvgIpc) is 2.72. The average molecular weight is 388 g/mol. The van der Waals surface area contributed by atoms with Crippen molar-refractivity contribution in [2.24, 2.45) is 5.92 Å². The number of nitrogens with one attached hydrogen (secondary N) is 1. The molecule has 0 saturated carbocycles. The summed E-state index contributed by atoms with van der Waals surface area (Å²) in [5.74, 6) is -0.0313. The number of amides is 1. The predicted octanol–water partition coefficient (Wildman–Crippen LogP) is 1.98. The molecule has 0 spiro atoms. The van der Waals surface area contributed by atoms with Gasteiger partial charge in [0.15, 0.2) is 0 Å². The standard InChI is InChI=1S/C20H25N3O3S/c24-20(22-16-18-6-11-21-12-7-18)19-8-13-23(14-9-19)27(25,26)15-10-17-4-2-1-3-5-17/h1-7,11-12,19H,8-10,13-16H2,(H,22,24). The number of carbonyl (C=O) groups is 1. The monoisotopic (exact) mass is 387 g/mol. The maximum atomic E-state index is 12.6. The first-order valence-electron chi connectivity index (χ1n) is 9.23. The van der Waals surface area contributed by atoms with Crippen LogP contribution in [0.4, 0.5) is 0 Å². The quantitative estimate of drug-likeness (QED) is 0.788. The Labute approximate surface area is 160 Å². The fourth-order valence-corrected chi connectivity index (χ4v) is 4.77. The molecule has 1 aliphatic heterocycles. The highest BCUT2D eigenvalue weighted by Gasteiger charge is 2.30. The molecule has 1 aromatic heterocycles. The van der Waals surface area contributed by atoms with E-state index < -0.39 is 10.0 Å². The summed E-state index contributed by atoms with van der Waals surface area (Å²) in [4.78, 5) is 16.3. The summed E-state index contributed by atoms with van der Waals surface area (Å²) >= 11 is 0. The molecule has 1 aromatic carbocycles. The lowest BCUT2D eigenvalue weighted by molar-refractivity contribution is -0.126. The number of pyridine rings is 1. The van der Waals surface area contributed by atoms with Crippen LogP contribution in [0.3, 0.4) is 0 Å². The number of aromatic nitrogens is 1. The number of aryl methyl sites for hydroxylation is 1. The Morgan fingerprint density at radius 1 is 1.04 bits per heavy atom. The lowest BCUT2D eigenvalue weighted by Gasteiger charge is -2.30. The van der Waals surface area contributed by atoms with Crippen LogP contribution >= 0.6 is 0 Å². The SMILES string of the molecule is O=C(NCc1ccncc1)C1CCN(S(=O)(=O)CCc2ccccc2)CC1. The zero-order valence-corrected chi connectivity index (χ0v) is 16.1. The Morgan fingerprint density at radius 2 is 1.70 bits per heavy atom. The van der Waals surface area contributed by atoms with Gasteiger partial charge in [0.25, 0.3) is 0 Å². The molecule has 0 bridgehead atoms. The molecule has 1 N–H and O–H groups in total. The summed E-state index contributed by atoms with van der Waals surface area (Å²) in [6.45, 7) is 1.28. The topological polar surface area (TPSA) is 79.4 Å². The Hall–Kier alpha value is -2.25. The second-order valence-corrected chi connectivity index (χ2v) is 8.89. The van der Waals surface area contributed by atoms with E-state index in [1.807, 2.05) is 42.5 Å². The number of carbonyl (C=O) groups excluding carboxylic acids is 1. The molecule has 2 heterocycles. The van der Waals surface area contributed by atoms with E-state index in [9.17, 15) is 13.2 Å². The van der Waals surface area contributed by atoms with Gasteiger partial charge < -0.3 is 5.32 Å². The maximum Gasteiger partial charge on any atom is 0.223 e. The van der Waals surface area contributed by atoms with Crippen LogP contribution in [0, 0.1) is 5.92 Å². The van der Waals surface area contributed by atoms with E-state index in [2.05, 4.69) is 10.3 Å². The first-order valence-corrected chi connectivity index (χ1v) is 10.8. The van der Waals surface area contributed by atoms with E-state index in [1.165, 1.54) is 4.31 Å². The van der Waals surface area contributed by atoms with Crippen LogP contribution in [0.2, 0.25) is 0 Å². The van der Waals surface area contributed by atoms with Crippen LogP contribution in [-0.4, -0.2) is 42.5 Å². The lowest BCUT2D eigenvalue weighted by Crippen LogP contribution is -2.43. The minimum atomic E-state index is -3.29. The van der Waals surface area contributed by atoms with Crippen molar-refractivity contribution in [3.63, 3.8) is 0 Å². The van der Waals surface area contributed by atoms with Crippen LogP contribution in [-0.2, 0) is 27.8 Å². The highest BCUT2D eigenvalue weighted by Crippen LogP contribution is 2.20. The third kappa shape index (κ3) is 5.61. The molecule has 1 fully saturated rings. The van der Waals surface area contributed by atoms with Gasteiger partial charge in [-0.25, -0.2) is 12.7 Å². The second kappa shape index (κ2) is 9.10. The predicted molar refractivity (Wildman–Crippen MR) is 104 cm³/mol. The molecule has 27 heavy (non-hydrogen) atoms. The van der Waals surface area contributed by atoms with Crippen molar-refractivity contribution in [2.45, 2.75) is 25.8 Å². The van der Waals surface area contributed by atoms with Crippen molar-refractivity contribution >= 4 is 15.9 Å². The van der Waals surface area contributed by atoms with Crippen molar-refractivity contribution in [1.82, 2.24) is 14.6 Å². The first kappa shape index (κ1) is 19.5. The Morgan fingerprint density at radius 3 is 2.37 bits per heavy atom. The number of sulfonamides is 1. The number of nitrogens with zero attached hydrogens (tertiary/aromatic N) is 2. The van der Waals surface area contributed by atoms with Crippen LogP contribution < -0.4 is 5.32 Å². The number of piperidine rings is 1. The Bertz CT molecular complexity index is 833. The normalized spacial score (nSPS) is 16.1. The van der Waals surface area contributed by atoms with Crippen molar-refractivity contribution < 1.29 is 13.2 Å². The van der Waals surface area contributed by atoms with E-state index in [1.54, 1.807) is 12.4 Å². The smallest absolute Gasteiger partial charge is 0.223 e. The van der Waals surface area contributed by atoms with E-state index in [4.69, 9.17) is 0 Å². The largest absolute Gasteiger partial charge is 0.352 e. The van der Waals surface area contributed by atoms with Gasteiger partial charge in [0.05, 0.1) is 5.75 Å². The Kier molecular flexibility index (Phi) is 6.58. The fourth-order valence-electron chi connectivity index (χ4n) is 3.25. The molecule has 0 aliphatic carbocycles. The van der Waals surface area contributed by atoms with Crippen molar-refractivity contribution in [3.05, 3.63) is 66.0 Å². The number of benzene rings is 1. The van der Waals surface area contributed by atoms with E-state index in [0.29, 0.717) is 38.9 Å². The summed E-state index contributed by atoms with van der Waals surface area (Å²) in [6.07, 6.45) is 5.02. The number of hydrogen-bond acceptors (Lipinski definition) is 4. The maximum absolute atomic E-state index is 12.6. The molecule has 1 aliphatic rings. The van der Waals surface area contributed by atoms with Gasteiger partial charge in [0.2, 0.25) is 15.9 Å². The second-order valence-electron chi connectivity index (χ2n) is 6.80. The molecule has 3 rings (SSSR count). The molecule has 144 valence electrons. The van der Waals surface area contributed by atoms with Gasteiger partial charge in [-0.05, 0) is 42.5 Å². The van der Waals surface area contributed by atoms with Gasteiger partial charge in [-0.1, -0.05) is 30.3 Å². The summed E-state index contributed by atoms with van der Waals surface area (Å²) in [5.41, 5.74) is 2.02.